The van der Waals surface area contributed by atoms with Crippen LogP contribution in [0.3, 0.4) is 0 Å². The number of hydrogen-bond acceptors (Lipinski definition) is 5. The van der Waals surface area contributed by atoms with Gasteiger partial charge in [-0.15, -0.1) is 0 Å². The number of piperidine rings is 1. The van der Waals surface area contributed by atoms with Crippen molar-refractivity contribution >= 4 is 16.7 Å². The minimum absolute atomic E-state index is 0.430. The lowest BCUT2D eigenvalue weighted by Crippen LogP contribution is -2.36. The monoisotopic (exact) mass is 227 g/mol. The van der Waals surface area contributed by atoms with Gasteiger partial charge in [-0.2, -0.15) is 4.37 Å². The number of aromatic nitrogens is 2. The zero-order valence-corrected chi connectivity index (χ0v) is 10.1. The molecule has 4 nitrogen and oxygen atoms in total. The minimum Gasteiger partial charge on any atom is -0.381 e. The van der Waals surface area contributed by atoms with E-state index >= 15 is 0 Å². The van der Waals surface area contributed by atoms with Gasteiger partial charge in [0, 0.05) is 38.2 Å². The molecule has 0 aliphatic carbocycles. The Hall–Kier alpha value is -0.680. The Labute approximate surface area is 94.4 Å². The van der Waals surface area contributed by atoms with E-state index in [1.807, 2.05) is 0 Å². The molecule has 0 aromatic carbocycles. The van der Waals surface area contributed by atoms with E-state index in [0.717, 1.165) is 43.3 Å². The number of aryl methyl sites for hydroxylation is 1. The summed E-state index contributed by atoms with van der Waals surface area (Å²) < 4.78 is 9.65. The van der Waals surface area contributed by atoms with Gasteiger partial charge in [0.25, 0.3) is 0 Å². The first-order valence-electron chi connectivity index (χ1n) is 5.43. The van der Waals surface area contributed by atoms with E-state index in [1.54, 1.807) is 7.11 Å². The molecule has 5 heteroatoms. The van der Waals surface area contributed by atoms with Gasteiger partial charge in [-0.3, -0.25) is 0 Å². The summed E-state index contributed by atoms with van der Waals surface area (Å²) >= 11 is 1.51. The van der Waals surface area contributed by atoms with Gasteiger partial charge in [-0.1, -0.05) is 6.92 Å². The number of anilines is 1. The average Bonchev–Trinajstić information content (AvgIpc) is 2.78. The lowest BCUT2D eigenvalue weighted by atomic mass is 10.1. The third-order valence-corrected chi connectivity index (χ3v) is 3.63. The summed E-state index contributed by atoms with van der Waals surface area (Å²) in [7, 11) is 1.79. The molecule has 84 valence electrons. The fraction of sp³-hybridized carbons (Fsp3) is 0.800. The topological polar surface area (TPSA) is 38.2 Å². The second kappa shape index (κ2) is 4.90. The maximum atomic E-state index is 5.34. The molecule has 0 N–H and O–H groups in total. The van der Waals surface area contributed by atoms with E-state index in [1.165, 1.54) is 11.5 Å². The van der Waals surface area contributed by atoms with Gasteiger partial charge < -0.3 is 9.64 Å². The Morgan fingerprint density at radius 2 is 2.20 bits per heavy atom. The van der Waals surface area contributed by atoms with Crippen LogP contribution < -0.4 is 4.90 Å². The SMILES string of the molecule is CCc1nsc(N2CCC(OC)CC2)n1. The first kappa shape index (κ1) is 10.8. The largest absolute Gasteiger partial charge is 0.381 e. The van der Waals surface area contributed by atoms with Crippen molar-refractivity contribution < 1.29 is 4.74 Å². The van der Waals surface area contributed by atoms with Crippen LogP contribution in [-0.2, 0) is 11.2 Å². The van der Waals surface area contributed by atoms with Crippen molar-refractivity contribution in [3.05, 3.63) is 5.82 Å². The highest BCUT2D eigenvalue weighted by atomic mass is 32.1. The van der Waals surface area contributed by atoms with Crippen LogP contribution in [0.2, 0.25) is 0 Å². The molecule has 2 rings (SSSR count). The van der Waals surface area contributed by atoms with Gasteiger partial charge >= 0.3 is 0 Å². The molecule has 0 spiro atoms. The molecule has 15 heavy (non-hydrogen) atoms. The van der Waals surface area contributed by atoms with Crippen LogP contribution in [-0.4, -0.2) is 35.7 Å². The standard InChI is InChI=1S/C10H17N3OS/c1-3-9-11-10(15-12-9)13-6-4-8(14-2)5-7-13/h8H,3-7H2,1-2H3. The molecule has 1 aromatic heterocycles. The van der Waals surface area contributed by atoms with Crippen LogP contribution in [0.1, 0.15) is 25.6 Å². The highest BCUT2D eigenvalue weighted by Crippen LogP contribution is 2.22. The first-order chi connectivity index (χ1) is 7.33. The van der Waals surface area contributed by atoms with E-state index in [0.29, 0.717) is 6.10 Å². The fourth-order valence-electron chi connectivity index (χ4n) is 1.80. The molecule has 0 amide bonds. The van der Waals surface area contributed by atoms with Gasteiger partial charge in [0.15, 0.2) is 0 Å². The van der Waals surface area contributed by atoms with Crippen molar-refractivity contribution in [1.82, 2.24) is 9.36 Å². The molecular weight excluding hydrogens is 210 g/mol. The summed E-state index contributed by atoms with van der Waals surface area (Å²) in [6.45, 7) is 4.16. The molecule has 1 aromatic rings. The number of methoxy groups -OCH3 is 1. The van der Waals surface area contributed by atoms with Crippen molar-refractivity contribution in [3.63, 3.8) is 0 Å². The fourth-order valence-corrected chi connectivity index (χ4v) is 2.60. The second-order valence-electron chi connectivity index (χ2n) is 3.77. The number of ether oxygens (including phenoxy) is 1. The zero-order valence-electron chi connectivity index (χ0n) is 9.27. The third-order valence-electron chi connectivity index (χ3n) is 2.82. The molecule has 0 unspecified atom stereocenters. The summed E-state index contributed by atoms with van der Waals surface area (Å²) in [6.07, 6.45) is 3.54. The van der Waals surface area contributed by atoms with Gasteiger partial charge in [0.1, 0.15) is 5.82 Å². The van der Waals surface area contributed by atoms with Gasteiger partial charge in [-0.25, -0.2) is 4.98 Å². The van der Waals surface area contributed by atoms with E-state index < -0.39 is 0 Å². The van der Waals surface area contributed by atoms with Crippen molar-refractivity contribution in [2.45, 2.75) is 32.3 Å². The second-order valence-corrected chi connectivity index (χ2v) is 4.50. The van der Waals surface area contributed by atoms with Gasteiger partial charge in [0.2, 0.25) is 5.13 Å². The minimum atomic E-state index is 0.430. The van der Waals surface area contributed by atoms with Crippen molar-refractivity contribution in [2.24, 2.45) is 0 Å². The summed E-state index contributed by atoms with van der Waals surface area (Å²) in [6, 6.07) is 0. The van der Waals surface area contributed by atoms with E-state index in [4.69, 9.17) is 4.74 Å². The number of nitrogens with zero attached hydrogens (tertiary/aromatic N) is 3. The molecular formula is C10H17N3OS. The molecule has 1 aliphatic heterocycles. The maximum absolute atomic E-state index is 5.34. The van der Waals surface area contributed by atoms with E-state index in [2.05, 4.69) is 21.2 Å². The van der Waals surface area contributed by atoms with Crippen molar-refractivity contribution in [1.29, 1.82) is 0 Å². The van der Waals surface area contributed by atoms with Crippen LogP contribution in [0, 0.1) is 0 Å². The van der Waals surface area contributed by atoms with Crippen molar-refractivity contribution in [2.75, 3.05) is 25.1 Å². The normalized spacial score (nSPS) is 18.4. The molecule has 2 heterocycles. The lowest BCUT2D eigenvalue weighted by molar-refractivity contribution is 0.0819. The Kier molecular flexibility index (Phi) is 3.53. The lowest BCUT2D eigenvalue weighted by Gasteiger charge is -2.30. The van der Waals surface area contributed by atoms with Crippen LogP contribution in [0.4, 0.5) is 5.13 Å². The molecule has 1 aliphatic rings. The summed E-state index contributed by atoms with van der Waals surface area (Å²) in [5, 5.41) is 1.07. The predicted molar refractivity (Wildman–Crippen MR) is 61.5 cm³/mol. The van der Waals surface area contributed by atoms with E-state index in [-0.39, 0.29) is 0 Å². The molecule has 0 atom stereocenters. The quantitative estimate of drug-likeness (QED) is 0.788. The third kappa shape index (κ3) is 2.46. The average molecular weight is 227 g/mol. The Morgan fingerprint density at radius 3 is 2.73 bits per heavy atom. The van der Waals surface area contributed by atoms with Crippen LogP contribution in [0.5, 0.6) is 0 Å². The number of hydrogen-bond donors (Lipinski definition) is 0. The summed E-state index contributed by atoms with van der Waals surface area (Å²) in [5.41, 5.74) is 0. The van der Waals surface area contributed by atoms with Gasteiger partial charge in [-0.05, 0) is 12.8 Å². The van der Waals surface area contributed by atoms with Crippen molar-refractivity contribution in [3.8, 4) is 0 Å². The Balaban J connectivity index is 1.95. The summed E-state index contributed by atoms with van der Waals surface area (Å²) in [4.78, 5) is 6.81. The smallest absolute Gasteiger partial charge is 0.205 e. The number of rotatable bonds is 3. The molecule has 0 radical (unpaired) electrons. The van der Waals surface area contributed by atoms with Crippen LogP contribution >= 0.6 is 11.5 Å². The zero-order chi connectivity index (χ0) is 10.7. The Morgan fingerprint density at radius 1 is 1.47 bits per heavy atom. The van der Waals surface area contributed by atoms with Crippen LogP contribution in [0.15, 0.2) is 0 Å². The molecule has 0 bridgehead atoms. The van der Waals surface area contributed by atoms with Gasteiger partial charge in [0.05, 0.1) is 6.10 Å². The first-order valence-corrected chi connectivity index (χ1v) is 6.21. The molecule has 0 saturated carbocycles. The Bertz CT molecular complexity index is 307. The molecule has 1 fully saturated rings. The predicted octanol–water partition coefficient (Wildman–Crippen LogP) is 1.72. The highest BCUT2D eigenvalue weighted by molar-refractivity contribution is 7.09. The highest BCUT2D eigenvalue weighted by Gasteiger charge is 2.21. The van der Waals surface area contributed by atoms with E-state index in [9.17, 15) is 0 Å². The molecule has 1 saturated heterocycles. The maximum Gasteiger partial charge on any atom is 0.205 e. The summed E-state index contributed by atoms with van der Waals surface area (Å²) in [5.74, 6) is 0.962. The van der Waals surface area contributed by atoms with Crippen LogP contribution in [0.25, 0.3) is 0 Å².